The van der Waals surface area contributed by atoms with Crippen molar-refractivity contribution < 1.29 is 64.6 Å². The van der Waals surface area contributed by atoms with Gasteiger partial charge in [-0.15, -0.1) is 0 Å². The molecule has 0 saturated carbocycles. The van der Waals surface area contributed by atoms with Gasteiger partial charge in [-0.25, -0.2) is 17.6 Å². The molecule has 0 aromatic heterocycles. The van der Waals surface area contributed by atoms with Gasteiger partial charge < -0.3 is 18.6 Å². The number of benzene rings is 4. The summed E-state index contributed by atoms with van der Waals surface area (Å²) in [6, 6.07) is 13.6. The first-order chi connectivity index (χ1) is 18.1. The molecular weight excluding hydrogens is 514 g/mol. The molecule has 4 aromatic rings. The van der Waals surface area contributed by atoms with Crippen LogP contribution in [0.3, 0.4) is 0 Å². The minimum atomic E-state index is -3.51. The van der Waals surface area contributed by atoms with Gasteiger partial charge in [-0.1, -0.05) is 18.2 Å². The van der Waals surface area contributed by atoms with Crippen LogP contribution in [0.5, 0.6) is 11.5 Å². The minimum Gasteiger partial charge on any atom is -0.610 e. The Morgan fingerprint density at radius 3 is 2.00 bits per heavy atom. The summed E-state index contributed by atoms with van der Waals surface area (Å²) in [4.78, 5) is 25.7. The molecule has 0 fully saturated rings. The molecule has 6 rings (SSSR count). The smallest absolute Gasteiger partial charge is 0.610 e. The number of carbonyl (C=O) groups excluding carboxylic acids is 2. The number of hydrogen-bond donors (Lipinski definition) is 0. The first-order valence-electron chi connectivity index (χ1n) is 11.3. The Morgan fingerprint density at radius 2 is 1.26 bits per heavy atom. The number of aryl methyl sites for hydroxylation is 1. The third kappa shape index (κ3) is 4.43. The summed E-state index contributed by atoms with van der Waals surface area (Å²) in [7, 11) is 0. The maximum absolute atomic E-state index is 15.4. The van der Waals surface area contributed by atoms with E-state index >= 15 is 4.39 Å². The van der Waals surface area contributed by atoms with Crippen molar-refractivity contribution in [2.45, 2.75) is 6.92 Å². The number of halogens is 4. The van der Waals surface area contributed by atoms with Gasteiger partial charge in [-0.2, -0.15) is 0 Å². The Balaban J connectivity index is 0.00000308. The van der Waals surface area contributed by atoms with Gasteiger partial charge in [0.05, 0.1) is 17.1 Å². The second kappa shape index (κ2) is 9.52. The number of fused-ring (bicyclic) bond motifs is 2. The molecule has 0 radical (unpaired) electrons. The van der Waals surface area contributed by atoms with E-state index in [9.17, 15) is 22.8 Å². The van der Waals surface area contributed by atoms with E-state index in [1.807, 2.05) is 0 Å². The summed E-state index contributed by atoms with van der Waals surface area (Å²) in [5.74, 6) is -6.10. The van der Waals surface area contributed by atoms with Crippen LogP contribution in [-0.4, -0.2) is 18.9 Å². The van der Waals surface area contributed by atoms with Gasteiger partial charge in [-0.05, 0) is 60.5 Å². The SMILES string of the molecule is Cc1ccc(-c2ccc3c(c2F)C(=O)O[B-]2(OC(=O)c4cc(-c5ccc(F)cc5F)ccc4O2)O3)c(F)c1.[Li+]. The second-order valence-electron chi connectivity index (χ2n) is 8.74. The van der Waals surface area contributed by atoms with Crippen LogP contribution in [0, 0.1) is 30.2 Å². The van der Waals surface area contributed by atoms with Crippen molar-refractivity contribution in [3.63, 3.8) is 0 Å². The molecule has 39 heavy (non-hydrogen) atoms. The maximum atomic E-state index is 15.4. The monoisotopic (exact) mass is 528 g/mol. The van der Waals surface area contributed by atoms with Crippen molar-refractivity contribution >= 4 is 18.9 Å². The molecule has 0 N–H and O–H groups in total. The first kappa shape index (κ1) is 26.4. The number of hydrogen-bond acceptors (Lipinski definition) is 6. The molecule has 4 aromatic carbocycles. The number of carbonyl (C=O) groups is 2. The molecule has 6 nitrogen and oxygen atoms in total. The summed E-state index contributed by atoms with van der Waals surface area (Å²) in [5.41, 5.74) is -0.144. The molecule has 2 aliphatic heterocycles. The zero-order chi connectivity index (χ0) is 26.8. The van der Waals surface area contributed by atoms with Crippen molar-refractivity contribution in [1.82, 2.24) is 0 Å². The van der Waals surface area contributed by atoms with Gasteiger partial charge in [0.1, 0.15) is 28.8 Å². The minimum absolute atomic E-state index is 0. The molecule has 1 atom stereocenters. The fourth-order valence-electron chi connectivity index (χ4n) is 4.42. The Morgan fingerprint density at radius 1 is 0.615 bits per heavy atom. The van der Waals surface area contributed by atoms with Crippen molar-refractivity contribution in [3.05, 3.63) is 107 Å². The third-order valence-corrected chi connectivity index (χ3v) is 6.21. The predicted molar refractivity (Wildman–Crippen MR) is 126 cm³/mol. The Hall–Kier alpha value is -4.20. The summed E-state index contributed by atoms with van der Waals surface area (Å²) in [6.45, 7) is -1.84. The summed E-state index contributed by atoms with van der Waals surface area (Å²) < 4.78 is 78.8. The van der Waals surface area contributed by atoms with Crippen LogP contribution in [0.4, 0.5) is 17.6 Å². The van der Waals surface area contributed by atoms with Gasteiger partial charge in [0.2, 0.25) is 0 Å². The molecule has 2 aliphatic rings. The predicted octanol–water partition coefficient (Wildman–Crippen LogP) is 3.12. The summed E-state index contributed by atoms with van der Waals surface area (Å²) in [6.07, 6.45) is 0. The van der Waals surface area contributed by atoms with Crippen LogP contribution >= 0.6 is 0 Å². The molecule has 2 heterocycles. The van der Waals surface area contributed by atoms with E-state index in [2.05, 4.69) is 0 Å². The Kier molecular flexibility index (Phi) is 6.45. The molecule has 1 unspecified atom stereocenters. The quantitative estimate of drug-likeness (QED) is 0.295. The molecule has 0 aliphatic carbocycles. The molecule has 1 spiro atoms. The van der Waals surface area contributed by atoms with E-state index in [1.165, 1.54) is 48.5 Å². The zero-order valence-electron chi connectivity index (χ0n) is 20.4. The molecule has 0 saturated heterocycles. The standard InChI is InChI=1S/C27H14BF4O6.Li/c1-13-2-5-17(20(30)10-13)18-7-9-23-24(25(18)32)27(34)38-28(36-23)35-22-8-3-14(11-19(22)26(33)37-28)16-6-4-15(29)12-21(16)31;/h2-12H,1H3;/q-1;+1. The third-order valence-electron chi connectivity index (χ3n) is 6.21. The Bertz CT molecular complexity index is 1700. The average molecular weight is 528 g/mol. The van der Waals surface area contributed by atoms with Gasteiger partial charge in [0, 0.05) is 22.8 Å². The van der Waals surface area contributed by atoms with Crippen LogP contribution < -0.4 is 28.2 Å². The fourth-order valence-corrected chi connectivity index (χ4v) is 4.42. The van der Waals surface area contributed by atoms with Crippen LogP contribution in [0.25, 0.3) is 22.3 Å². The number of rotatable bonds is 2. The van der Waals surface area contributed by atoms with E-state index in [0.29, 0.717) is 11.6 Å². The molecular formula is C27H14BF4LiO6. The van der Waals surface area contributed by atoms with Gasteiger partial charge in [0.15, 0.2) is 0 Å². The van der Waals surface area contributed by atoms with E-state index in [1.54, 1.807) is 13.0 Å². The van der Waals surface area contributed by atoms with E-state index in [4.69, 9.17) is 18.6 Å². The maximum Gasteiger partial charge on any atom is 1.00 e. The normalized spacial score (nSPS) is 17.2. The van der Waals surface area contributed by atoms with Crippen molar-refractivity contribution in [3.8, 4) is 33.8 Å². The molecule has 12 heteroatoms. The van der Waals surface area contributed by atoms with Crippen LogP contribution in [0.15, 0.2) is 66.7 Å². The molecule has 0 amide bonds. The molecule has 0 bridgehead atoms. The van der Waals surface area contributed by atoms with Crippen molar-refractivity contribution in [2.75, 3.05) is 0 Å². The second-order valence-corrected chi connectivity index (χ2v) is 8.74. The van der Waals surface area contributed by atoms with Gasteiger partial charge in [-0.3, -0.25) is 9.59 Å². The van der Waals surface area contributed by atoms with Gasteiger partial charge >= 0.3 is 37.8 Å². The summed E-state index contributed by atoms with van der Waals surface area (Å²) >= 11 is 0. The largest absolute Gasteiger partial charge is 1.00 e. The van der Waals surface area contributed by atoms with E-state index in [-0.39, 0.29) is 58.2 Å². The Labute approximate surface area is 230 Å². The average Bonchev–Trinajstić information content (AvgIpc) is 2.84. The van der Waals surface area contributed by atoms with E-state index < -0.39 is 47.7 Å². The van der Waals surface area contributed by atoms with Crippen LogP contribution in [0.2, 0.25) is 0 Å². The molecule has 190 valence electrons. The van der Waals surface area contributed by atoms with Crippen LogP contribution in [-0.2, 0) is 9.31 Å². The fraction of sp³-hybridized carbons (Fsp3) is 0.0370. The van der Waals surface area contributed by atoms with Crippen LogP contribution in [0.1, 0.15) is 26.3 Å². The van der Waals surface area contributed by atoms with E-state index in [0.717, 1.165) is 6.07 Å². The van der Waals surface area contributed by atoms with Gasteiger partial charge in [0.25, 0.3) is 0 Å². The zero-order valence-corrected chi connectivity index (χ0v) is 20.4. The summed E-state index contributed by atoms with van der Waals surface area (Å²) in [5, 5.41) is 0. The van der Waals surface area contributed by atoms with Crippen molar-refractivity contribution in [1.29, 1.82) is 0 Å². The topological polar surface area (TPSA) is 71.1 Å². The van der Waals surface area contributed by atoms with Crippen molar-refractivity contribution in [2.24, 2.45) is 0 Å². The first-order valence-corrected chi connectivity index (χ1v) is 11.3.